The van der Waals surface area contributed by atoms with Crippen LogP contribution in [0.5, 0.6) is 0 Å². The van der Waals surface area contributed by atoms with Gasteiger partial charge in [0.15, 0.2) is 5.54 Å². The largest absolute Gasteiger partial charge is 0.337 e. The molecule has 3 fully saturated rings. The van der Waals surface area contributed by atoms with E-state index in [0.717, 1.165) is 55.4 Å². The van der Waals surface area contributed by atoms with E-state index in [4.69, 9.17) is 5.10 Å². The summed E-state index contributed by atoms with van der Waals surface area (Å²) in [5, 5.41) is 17.2. The molecule has 1 saturated carbocycles. The summed E-state index contributed by atoms with van der Waals surface area (Å²) in [5.41, 5.74) is 1.16. The maximum atomic E-state index is 4.77. The molecule has 34 heavy (non-hydrogen) atoms. The van der Waals surface area contributed by atoms with Gasteiger partial charge in [-0.2, -0.15) is 0 Å². The summed E-state index contributed by atoms with van der Waals surface area (Å²) in [7, 11) is 2.08. The number of benzene rings is 1. The number of nitrogens with zero attached hydrogens (tertiary/aromatic N) is 8. The van der Waals surface area contributed by atoms with Gasteiger partial charge in [0.1, 0.15) is 5.82 Å². The lowest BCUT2D eigenvalue weighted by molar-refractivity contribution is -1.01. The molecule has 180 valence electrons. The van der Waals surface area contributed by atoms with E-state index in [2.05, 4.69) is 72.3 Å². The summed E-state index contributed by atoms with van der Waals surface area (Å²) in [6.07, 6.45) is 9.12. The van der Waals surface area contributed by atoms with Crippen LogP contribution in [0, 0.1) is 0 Å². The van der Waals surface area contributed by atoms with Gasteiger partial charge in [0.2, 0.25) is 5.82 Å². The Morgan fingerprint density at radius 3 is 2.65 bits per heavy atom. The number of imidazole rings is 1. The van der Waals surface area contributed by atoms with Crippen LogP contribution in [0.2, 0.25) is 0 Å². The fourth-order valence-corrected chi connectivity index (χ4v) is 6.60. The SMILES string of the molecule is Cn1ccnc1CN1CC(c2nnnn2Cc2ccccc2)([N+]2(C3CCC3)CCCNCC2)C1. The maximum Gasteiger partial charge on any atom is 0.215 e. The third-order valence-electron chi connectivity index (χ3n) is 8.60. The lowest BCUT2D eigenvalue weighted by atomic mass is 9.76. The lowest BCUT2D eigenvalue weighted by Gasteiger charge is -2.64. The molecule has 2 aliphatic heterocycles. The van der Waals surface area contributed by atoms with Crippen LogP contribution in [0.25, 0.3) is 0 Å². The number of rotatable bonds is 7. The minimum absolute atomic E-state index is 0.0828. The molecule has 1 N–H and O–H groups in total. The summed E-state index contributed by atoms with van der Waals surface area (Å²) in [6.45, 7) is 8.07. The second-order valence-corrected chi connectivity index (χ2v) is 10.4. The third-order valence-corrected chi connectivity index (χ3v) is 8.60. The van der Waals surface area contributed by atoms with Crippen molar-refractivity contribution >= 4 is 0 Å². The summed E-state index contributed by atoms with van der Waals surface area (Å²) in [4.78, 5) is 7.13. The fourth-order valence-electron chi connectivity index (χ4n) is 6.60. The summed E-state index contributed by atoms with van der Waals surface area (Å²) in [5.74, 6) is 2.19. The molecule has 2 saturated heterocycles. The van der Waals surface area contributed by atoms with Crippen molar-refractivity contribution in [2.45, 2.75) is 50.4 Å². The van der Waals surface area contributed by atoms with Crippen LogP contribution in [0.4, 0.5) is 0 Å². The normalized spacial score (nSPS) is 25.4. The van der Waals surface area contributed by atoms with E-state index in [9.17, 15) is 0 Å². The number of aromatic nitrogens is 6. The first-order valence-corrected chi connectivity index (χ1v) is 12.8. The molecule has 1 unspecified atom stereocenters. The predicted molar refractivity (Wildman–Crippen MR) is 129 cm³/mol. The van der Waals surface area contributed by atoms with Crippen LogP contribution in [-0.2, 0) is 25.7 Å². The van der Waals surface area contributed by atoms with Crippen LogP contribution >= 0.6 is 0 Å². The van der Waals surface area contributed by atoms with E-state index in [0.29, 0.717) is 12.6 Å². The Bertz CT molecular complexity index is 1090. The highest BCUT2D eigenvalue weighted by atomic mass is 15.6. The molecule has 1 aromatic carbocycles. The highest BCUT2D eigenvalue weighted by molar-refractivity contribution is 5.18. The predicted octanol–water partition coefficient (Wildman–Crippen LogP) is 1.53. The topological polar surface area (TPSA) is 76.7 Å². The van der Waals surface area contributed by atoms with Gasteiger partial charge in [0, 0.05) is 39.0 Å². The van der Waals surface area contributed by atoms with Crippen LogP contribution < -0.4 is 5.32 Å². The van der Waals surface area contributed by atoms with Crippen molar-refractivity contribution in [2.75, 3.05) is 39.3 Å². The van der Waals surface area contributed by atoms with Crippen LogP contribution in [0.15, 0.2) is 42.7 Å². The lowest BCUT2D eigenvalue weighted by Crippen LogP contribution is -2.80. The molecule has 0 bridgehead atoms. The Balaban J connectivity index is 1.38. The van der Waals surface area contributed by atoms with Crippen molar-refractivity contribution in [3.63, 3.8) is 0 Å². The molecule has 0 amide bonds. The second-order valence-electron chi connectivity index (χ2n) is 10.4. The molecular weight excluding hydrogens is 426 g/mol. The molecule has 6 rings (SSSR count). The zero-order valence-corrected chi connectivity index (χ0v) is 20.2. The van der Waals surface area contributed by atoms with Crippen molar-refractivity contribution < 1.29 is 4.48 Å². The molecule has 3 aromatic rings. The highest BCUT2D eigenvalue weighted by Crippen LogP contribution is 2.49. The molecule has 9 heteroatoms. The standard InChI is InChI=1S/C25H36N9/c1-31-14-12-27-23(31)18-32-19-25(20-32,34(22-9-5-10-22)15-6-11-26-13-16-34)24-28-29-30-33(24)17-21-7-3-2-4-8-21/h2-4,7-8,12,14,22,26H,5-6,9-11,13,15-20H2,1H3/q+1. The third kappa shape index (κ3) is 3.57. The molecular formula is C25H36N9+. The van der Waals surface area contributed by atoms with Crippen molar-refractivity contribution in [1.29, 1.82) is 0 Å². The molecule has 9 nitrogen and oxygen atoms in total. The van der Waals surface area contributed by atoms with E-state index in [1.807, 2.05) is 12.4 Å². The number of hydrogen-bond donors (Lipinski definition) is 1. The Morgan fingerprint density at radius 1 is 1.06 bits per heavy atom. The first-order chi connectivity index (χ1) is 16.7. The smallest absolute Gasteiger partial charge is 0.215 e. The molecule has 2 aromatic heterocycles. The van der Waals surface area contributed by atoms with Gasteiger partial charge in [0.05, 0.1) is 45.3 Å². The van der Waals surface area contributed by atoms with E-state index < -0.39 is 0 Å². The zero-order chi connectivity index (χ0) is 23.0. The van der Waals surface area contributed by atoms with Crippen molar-refractivity contribution in [2.24, 2.45) is 7.05 Å². The van der Waals surface area contributed by atoms with E-state index in [1.165, 1.54) is 37.8 Å². The van der Waals surface area contributed by atoms with Gasteiger partial charge in [-0.05, 0) is 35.3 Å². The van der Waals surface area contributed by atoms with Crippen LogP contribution in [-0.4, -0.2) is 84.5 Å². The van der Waals surface area contributed by atoms with Gasteiger partial charge in [0.25, 0.3) is 0 Å². The molecule has 1 aliphatic carbocycles. The number of hydrogen-bond acceptors (Lipinski definition) is 6. The number of quaternary nitrogens is 1. The minimum atomic E-state index is -0.0828. The van der Waals surface area contributed by atoms with Crippen molar-refractivity contribution in [1.82, 2.24) is 40.0 Å². The molecule has 3 aliphatic rings. The second kappa shape index (κ2) is 8.87. The first kappa shape index (κ1) is 21.9. The Labute approximate surface area is 201 Å². The molecule has 1 atom stereocenters. The average Bonchev–Trinajstić information content (AvgIpc) is 3.33. The van der Waals surface area contributed by atoms with Crippen molar-refractivity contribution in [3.05, 3.63) is 59.9 Å². The first-order valence-electron chi connectivity index (χ1n) is 12.8. The number of likely N-dealkylation sites (tertiary alicyclic amines) is 1. The zero-order valence-electron chi connectivity index (χ0n) is 20.2. The Hall–Kier alpha value is -2.62. The van der Waals surface area contributed by atoms with Crippen LogP contribution in [0.1, 0.15) is 42.9 Å². The Morgan fingerprint density at radius 2 is 1.91 bits per heavy atom. The van der Waals surface area contributed by atoms with Gasteiger partial charge in [-0.15, -0.1) is 5.10 Å². The van der Waals surface area contributed by atoms with Crippen LogP contribution in [0.3, 0.4) is 0 Å². The quantitative estimate of drug-likeness (QED) is 0.537. The van der Waals surface area contributed by atoms with Gasteiger partial charge in [-0.25, -0.2) is 9.67 Å². The van der Waals surface area contributed by atoms with Gasteiger partial charge in [-0.3, -0.25) is 4.90 Å². The Kier molecular flexibility index (Phi) is 5.71. The summed E-state index contributed by atoms with van der Waals surface area (Å²) < 4.78 is 5.35. The number of tetrazole rings is 1. The van der Waals surface area contributed by atoms with E-state index in [1.54, 1.807) is 0 Å². The summed E-state index contributed by atoms with van der Waals surface area (Å²) >= 11 is 0. The van der Waals surface area contributed by atoms with E-state index in [-0.39, 0.29) is 5.54 Å². The van der Waals surface area contributed by atoms with E-state index >= 15 is 0 Å². The van der Waals surface area contributed by atoms with Gasteiger partial charge < -0.3 is 14.4 Å². The molecule has 0 radical (unpaired) electrons. The molecule has 4 heterocycles. The molecule has 0 spiro atoms. The van der Waals surface area contributed by atoms with Crippen molar-refractivity contribution in [3.8, 4) is 0 Å². The number of nitrogens with one attached hydrogen (secondary N) is 1. The van der Waals surface area contributed by atoms with Gasteiger partial charge >= 0.3 is 0 Å². The van der Waals surface area contributed by atoms with Gasteiger partial charge in [-0.1, -0.05) is 30.3 Å². The minimum Gasteiger partial charge on any atom is -0.337 e. The maximum absolute atomic E-state index is 4.77. The average molecular weight is 463 g/mol. The summed E-state index contributed by atoms with van der Waals surface area (Å²) in [6, 6.07) is 11.3. The fraction of sp³-hybridized carbons (Fsp3) is 0.600. The monoisotopic (exact) mass is 462 g/mol. The number of aryl methyl sites for hydroxylation is 1. The highest BCUT2D eigenvalue weighted by Gasteiger charge is 2.65.